The lowest BCUT2D eigenvalue weighted by Gasteiger charge is -2.17. The number of anilines is 2. The van der Waals surface area contributed by atoms with Gasteiger partial charge in [-0.3, -0.25) is 0 Å². The van der Waals surface area contributed by atoms with Gasteiger partial charge in [-0.15, -0.1) is 0 Å². The number of hydrogen-bond donors (Lipinski definition) is 1. The molecule has 3 heteroatoms. The van der Waals surface area contributed by atoms with E-state index < -0.39 is 0 Å². The van der Waals surface area contributed by atoms with Crippen molar-refractivity contribution in [3.63, 3.8) is 0 Å². The molecule has 3 nitrogen and oxygen atoms in total. The first-order valence-corrected chi connectivity index (χ1v) is 7.54. The molecule has 1 aromatic carbocycles. The number of aromatic nitrogens is 2. The summed E-state index contributed by atoms with van der Waals surface area (Å²) in [5.41, 5.74) is 3.93. The lowest BCUT2D eigenvalue weighted by atomic mass is 10.0. The van der Waals surface area contributed by atoms with E-state index in [2.05, 4.69) is 60.8 Å². The van der Waals surface area contributed by atoms with Gasteiger partial charge < -0.3 is 9.88 Å². The van der Waals surface area contributed by atoms with Crippen molar-refractivity contribution in [3.05, 3.63) is 41.7 Å². The molecule has 0 aliphatic heterocycles. The van der Waals surface area contributed by atoms with E-state index in [4.69, 9.17) is 0 Å². The van der Waals surface area contributed by atoms with Gasteiger partial charge in [0.1, 0.15) is 0 Å². The Morgan fingerprint density at radius 3 is 2.35 bits per heavy atom. The highest BCUT2D eigenvalue weighted by atomic mass is 15.2. The van der Waals surface area contributed by atoms with Gasteiger partial charge in [0.15, 0.2) is 0 Å². The summed E-state index contributed by atoms with van der Waals surface area (Å²) in [7, 11) is 0. The van der Waals surface area contributed by atoms with E-state index in [-0.39, 0.29) is 0 Å². The zero-order chi connectivity index (χ0) is 14.5. The van der Waals surface area contributed by atoms with Crippen LogP contribution in [-0.2, 0) is 19.4 Å². The van der Waals surface area contributed by atoms with E-state index in [9.17, 15) is 0 Å². The molecular weight excluding hydrogens is 246 g/mol. The first-order chi connectivity index (χ1) is 9.65. The summed E-state index contributed by atoms with van der Waals surface area (Å²) >= 11 is 0. The Hall–Kier alpha value is -1.77. The van der Waals surface area contributed by atoms with Crippen LogP contribution in [0.25, 0.3) is 0 Å². The molecule has 1 heterocycles. The van der Waals surface area contributed by atoms with Crippen molar-refractivity contribution in [2.45, 2.75) is 47.1 Å². The van der Waals surface area contributed by atoms with Gasteiger partial charge in [0.25, 0.3) is 0 Å². The second-order valence-electron chi connectivity index (χ2n) is 5.58. The quantitative estimate of drug-likeness (QED) is 0.843. The standard InChI is InChI=1S/C17H25N3/c1-5-14-8-7-9-15(6-2)16(14)19-17-18-10-11-20(17)12-13(3)4/h7-11,13H,5-6,12H2,1-4H3,(H,18,19). The Labute approximate surface area is 122 Å². The second kappa shape index (κ2) is 6.60. The van der Waals surface area contributed by atoms with Crippen molar-refractivity contribution in [1.82, 2.24) is 9.55 Å². The van der Waals surface area contributed by atoms with E-state index in [0.29, 0.717) is 5.92 Å². The normalized spacial score (nSPS) is 11.1. The molecule has 0 aliphatic carbocycles. The molecule has 0 fully saturated rings. The largest absolute Gasteiger partial charge is 0.325 e. The molecule has 0 aliphatic rings. The highest BCUT2D eigenvalue weighted by Gasteiger charge is 2.10. The Balaban J connectivity index is 2.32. The number of rotatable bonds is 6. The zero-order valence-electron chi connectivity index (χ0n) is 13.0. The van der Waals surface area contributed by atoms with E-state index in [0.717, 1.165) is 25.3 Å². The third-order valence-corrected chi connectivity index (χ3v) is 3.51. The van der Waals surface area contributed by atoms with Crippen LogP contribution in [0.3, 0.4) is 0 Å². The van der Waals surface area contributed by atoms with Gasteiger partial charge in [-0.25, -0.2) is 4.98 Å². The molecule has 0 unspecified atom stereocenters. The molecule has 0 saturated heterocycles. The lowest BCUT2D eigenvalue weighted by Crippen LogP contribution is -2.09. The third-order valence-electron chi connectivity index (χ3n) is 3.51. The average Bonchev–Trinajstić information content (AvgIpc) is 2.85. The fourth-order valence-corrected chi connectivity index (χ4v) is 2.49. The van der Waals surface area contributed by atoms with Gasteiger partial charge in [0.05, 0.1) is 0 Å². The topological polar surface area (TPSA) is 29.9 Å². The van der Waals surface area contributed by atoms with Gasteiger partial charge >= 0.3 is 0 Å². The number of nitrogens with zero attached hydrogens (tertiary/aromatic N) is 2. The maximum absolute atomic E-state index is 4.47. The Morgan fingerprint density at radius 2 is 1.80 bits per heavy atom. The van der Waals surface area contributed by atoms with Crippen LogP contribution < -0.4 is 5.32 Å². The minimum Gasteiger partial charge on any atom is -0.325 e. The van der Waals surface area contributed by atoms with Gasteiger partial charge in [-0.05, 0) is 29.9 Å². The molecule has 20 heavy (non-hydrogen) atoms. The molecule has 108 valence electrons. The number of benzene rings is 1. The van der Waals surface area contributed by atoms with Gasteiger partial charge in [-0.1, -0.05) is 45.9 Å². The van der Waals surface area contributed by atoms with Crippen molar-refractivity contribution in [2.75, 3.05) is 5.32 Å². The molecule has 0 amide bonds. The van der Waals surface area contributed by atoms with Gasteiger partial charge in [0, 0.05) is 24.6 Å². The Bertz CT molecular complexity index is 533. The summed E-state index contributed by atoms with van der Waals surface area (Å²) in [5, 5.41) is 3.55. The van der Waals surface area contributed by atoms with Crippen molar-refractivity contribution in [3.8, 4) is 0 Å². The Morgan fingerprint density at radius 1 is 1.15 bits per heavy atom. The minimum atomic E-state index is 0.608. The summed E-state index contributed by atoms with van der Waals surface area (Å²) < 4.78 is 2.19. The van der Waals surface area contributed by atoms with Crippen LogP contribution in [0.2, 0.25) is 0 Å². The van der Waals surface area contributed by atoms with E-state index in [1.165, 1.54) is 16.8 Å². The average molecular weight is 271 g/mol. The second-order valence-corrected chi connectivity index (χ2v) is 5.58. The predicted octanol–water partition coefficient (Wildman–Crippen LogP) is 4.41. The maximum Gasteiger partial charge on any atom is 0.207 e. The van der Waals surface area contributed by atoms with Crippen molar-refractivity contribution >= 4 is 11.6 Å². The van der Waals surface area contributed by atoms with Crippen LogP contribution in [0.15, 0.2) is 30.6 Å². The fourth-order valence-electron chi connectivity index (χ4n) is 2.49. The molecule has 2 rings (SSSR count). The van der Waals surface area contributed by atoms with Crippen LogP contribution >= 0.6 is 0 Å². The highest BCUT2D eigenvalue weighted by Crippen LogP contribution is 2.26. The monoisotopic (exact) mass is 271 g/mol. The number of nitrogens with one attached hydrogen (secondary N) is 1. The molecule has 0 spiro atoms. The molecule has 0 saturated carbocycles. The van der Waals surface area contributed by atoms with Gasteiger partial charge in [0.2, 0.25) is 5.95 Å². The fraction of sp³-hybridized carbons (Fsp3) is 0.471. The van der Waals surface area contributed by atoms with Crippen molar-refractivity contribution in [1.29, 1.82) is 0 Å². The minimum absolute atomic E-state index is 0.608. The molecular formula is C17H25N3. The van der Waals surface area contributed by atoms with Crippen LogP contribution in [0.1, 0.15) is 38.8 Å². The zero-order valence-corrected chi connectivity index (χ0v) is 13.0. The summed E-state index contributed by atoms with van der Waals surface area (Å²) in [4.78, 5) is 4.47. The number of para-hydroxylation sites is 1. The van der Waals surface area contributed by atoms with Crippen molar-refractivity contribution in [2.24, 2.45) is 5.92 Å². The summed E-state index contributed by atoms with van der Waals surface area (Å²) in [5.74, 6) is 1.55. The Kier molecular flexibility index (Phi) is 4.83. The number of imidazole rings is 1. The third kappa shape index (κ3) is 3.21. The summed E-state index contributed by atoms with van der Waals surface area (Å²) in [6.45, 7) is 9.82. The molecule has 0 radical (unpaired) electrons. The van der Waals surface area contributed by atoms with Crippen LogP contribution in [0, 0.1) is 5.92 Å². The summed E-state index contributed by atoms with van der Waals surface area (Å²) in [6.07, 6.45) is 5.97. The first kappa shape index (κ1) is 14.6. The van der Waals surface area contributed by atoms with Crippen molar-refractivity contribution < 1.29 is 0 Å². The van der Waals surface area contributed by atoms with Crippen LogP contribution in [0.4, 0.5) is 11.6 Å². The first-order valence-electron chi connectivity index (χ1n) is 7.54. The van der Waals surface area contributed by atoms with E-state index in [1.54, 1.807) is 0 Å². The summed E-state index contributed by atoms with van der Waals surface area (Å²) in [6, 6.07) is 6.53. The van der Waals surface area contributed by atoms with E-state index >= 15 is 0 Å². The lowest BCUT2D eigenvalue weighted by molar-refractivity contribution is 0.527. The molecule has 0 bridgehead atoms. The molecule has 1 aromatic heterocycles. The molecule has 0 atom stereocenters. The van der Waals surface area contributed by atoms with Crippen LogP contribution in [-0.4, -0.2) is 9.55 Å². The SMILES string of the molecule is CCc1cccc(CC)c1Nc1nccn1CC(C)C. The molecule has 1 N–H and O–H groups in total. The smallest absolute Gasteiger partial charge is 0.207 e. The number of hydrogen-bond acceptors (Lipinski definition) is 2. The number of aryl methyl sites for hydroxylation is 2. The maximum atomic E-state index is 4.47. The highest BCUT2D eigenvalue weighted by molar-refractivity contribution is 5.63. The van der Waals surface area contributed by atoms with E-state index in [1.807, 2.05) is 12.4 Å². The van der Waals surface area contributed by atoms with Gasteiger partial charge in [-0.2, -0.15) is 0 Å². The predicted molar refractivity (Wildman–Crippen MR) is 85.5 cm³/mol. The molecule has 2 aromatic rings. The van der Waals surface area contributed by atoms with Crippen LogP contribution in [0.5, 0.6) is 0 Å².